The number of aromatic nitrogens is 2. The minimum Gasteiger partial charge on any atom is -0.309 e. The van der Waals surface area contributed by atoms with Crippen LogP contribution in [-0.4, -0.2) is 9.13 Å². The Bertz CT molecular complexity index is 725. The van der Waals surface area contributed by atoms with Crippen molar-refractivity contribution in [2.24, 2.45) is 5.92 Å². The van der Waals surface area contributed by atoms with Gasteiger partial charge < -0.3 is 9.13 Å². The van der Waals surface area contributed by atoms with Gasteiger partial charge in [0.1, 0.15) is 0 Å². The minimum absolute atomic E-state index is 0.387. The van der Waals surface area contributed by atoms with Crippen molar-refractivity contribution in [1.82, 2.24) is 9.13 Å². The highest BCUT2D eigenvalue weighted by atomic mass is 16.2. The van der Waals surface area contributed by atoms with E-state index < -0.39 is 5.56 Å². The molecule has 0 radical (unpaired) electrons. The van der Waals surface area contributed by atoms with E-state index in [2.05, 4.69) is 0 Å². The molecule has 0 N–H and O–H groups in total. The van der Waals surface area contributed by atoms with Gasteiger partial charge in [0.2, 0.25) is 0 Å². The maximum Gasteiger partial charge on any atom is 0.316 e. The lowest BCUT2D eigenvalue weighted by Gasteiger charge is -2.12. The molecular formula is C18H22N2O2. The lowest BCUT2D eigenvalue weighted by Crippen LogP contribution is -2.41. The summed E-state index contributed by atoms with van der Waals surface area (Å²) < 4.78 is 3.12. The topological polar surface area (TPSA) is 44.0 Å². The summed E-state index contributed by atoms with van der Waals surface area (Å²) in [6, 6.07) is 10.0. The van der Waals surface area contributed by atoms with Crippen LogP contribution >= 0.6 is 0 Å². The normalized spacial score (nSPS) is 15.3. The number of hydrogen-bond donors (Lipinski definition) is 0. The maximum absolute atomic E-state index is 12.2. The third kappa shape index (κ3) is 3.38. The van der Waals surface area contributed by atoms with Gasteiger partial charge in [-0.15, -0.1) is 0 Å². The predicted molar refractivity (Wildman–Crippen MR) is 87.1 cm³/mol. The van der Waals surface area contributed by atoms with Gasteiger partial charge in [0.25, 0.3) is 0 Å². The van der Waals surface area contributed by atoms with E-state index in [1.807, 2.05) is 30.3 Å². The molecule has 1 heterocycles. The summed E-state index contributed by atoms with van der Waals surface area (Å²) in [6.07, 6.45) is 9.11. The molecule has 0 bridgehead atoms. The van der Waals surface area contributed by atoms with Gasteiger partial charge in [-0.2, -0.15) is 0 Å². The molecule has 0 spiro atoms. The standard InChI is InChI=1S/C18H22N2O2/c21-17-18(22)20(14-16-8-4-5-9-16)13-12-19(17)11-10-15-6-2-1-3-7-15/h1-3,6-7,12-13,16H,4-5,8-11,14H2. The predicted octanol–water partition coefficient (Wildman–Crippen LogP) is 2.44. The molecule has 2 aromatic rings. The van der Waals surface area contributed by atoms with Crippen molar-refractivity contribution in [1.29, 1.82) is 0 Å². The maximum atomic E-state index is 12.2. The van der Waals surface area contributed by atoms with Crippen molar-refractivity contribution in [3.05, 3.63) is 69.0 Å². The van der Waals surface area contributed by atoms with Crippen LogP contribution in [0.2, 0.25) is 0 Å². The van der Waals surface area contributed by atoms with Crippen LogP contribution in [0.15, 0.2) is 52.3 Å². The number of benzene rings is 1. The van der Waals surface area contributed by atoms with Crippen LogP contribution in [-0.2, 0) is 19.5 Å². The SMILES string of the molecule is O=c1c(=O)n(CC2CCCC2)ccn1CCc1ccccc1. The number of hydrogen-bond acceptors (Lipinski definition) is 2. The van der Waals surface area contributed by atoms with E-state index in [4.69, 9.17) is 0 Å². The van der Waals surface area contributed by atoms with Gasteiger partial charge in [0.05, 0.1) is 0 Å². The quantitative estimate of drug-likeness (QED) is 0.796. The average Bonchev–Trinajstić information content (AvgIpc) is 3.05. The highest BCUT2D eigenvalue weighted by molar-refractivity contribution is 5.14. The zero-order chi connectivity index (χ0) is 15.4. The van der Waals surface area contributed by atoms with Crippen LogP contribution in [0.25, 0.3) is 0 Å². The average molecular weight is 298 g/mol. The Kier molecular flexibility index (Phi) is 4.56. The monoisotopic (exact) mass is 298 g/mol. The van der Waals surface area contributed by atoms with Gasteiger partial charge in [-0.05, 0) is 30.7 Å². The largest absolute Gasteiger partial charge is 0.316 e. The minimum atomic E-state index is -0.406. The van der Waals surface area contributed by atoms with E-state index in [0.717, 1.165) is 6.42 Å². The smallest absolute Gasteiger partial charge is 0.309 e. The van der Waals surface area contributed by atoms with Gasteiger partial charge in [0, 0.05) is 25.5 Å². The molecule has 22 heavy (non-hydrogen) atoms. The van der Waals surface area contributed by atoms with E-state index >= 15 is 0 Å². The molecule has 1 fully saturated rings. The zero-order valence-corrected chi connectivity index (χ0v) is 12.8. The lowest BCUT2D eigenvalue weighted by molar-refractivity contribution is 0.441. The van der Waals surface area contributed by atoms with Crippen LogP contribution in [0.3, 0.4) is 0 Å². The number of rotatable bonds is 5. The molecule has 1 aliphatic rings. The molecule has 1 saturated carbocycles. The highest BCUT2D eigenvalue weighted by Gasteiger charge is 2.16. The second-order valence-corrected chi connectivity index (χ2v) is 6.14. The van der Waals surface area contributed by atoms with Crippen LogP contribution in [0.4, 0.5) is 0 Å². The second kappa shape index (κ2) is 6.77. The van der Waals surface area contributed by atoms with Gasteiger partial charge in [-0.25, -0.2) is 0 Å². The van der Waals surface area contributed by atoms with Crippen LogP contribution in [0.1, 0.15) is 31.2 Å². The molecule has 3 rings (SSSR count). The third-order valence-electron chi connectivity index (χ3n) is 4.55. The number of nitrogens with zero attached hydrogens (tertiary/aromatic N) is 2. The molecule has 1 aromatic heterocycles. The molecule has 116 valence electrons. The molecule has 1 aromatic carbocycles. The summed E-state index contributed by atoms with van der Waals surface area (Å²) in [5.74, 6) is 0.553. The van der Waals surface area contributed by atoms with Crippen molar-refractivity contribution in [2.45, 2.75) is 45.2 Å². The number of aryl methyl sites for hydroxylation is 2. The van der Waals surface area contributed by atoms with Crippen molar-refractivity contribution >= 4 is 0 Å². The van der Waals surface area contributed by atoms with E-state index in [1.165, 1.54) is 35.8 Å². The van der Waals surface area contributed by atoms with Gasteiger partial charge in [-0.3, -0.25) is 9.59 Å². The van der Waals surface area contributed by atoms with Crippen LogP contribution in [0, 0.1) is 5.92 Å². The van der Waals surface area contributed by atoms with Crippen molar-refractivity contribution in [2.75, 3.05) is 0 Å². The Hall–Kier alpha value is -2.10. The first kappa shape index (κ1) is 14.8. The van der Waals surface area contributed by atoms with Gasteiger partial charge in [-0.1, -0.05) is 43.2 Å². The Morgan fingerprint density at radius 3 is 2.27 bits per heavy atom. The Labute approximate surface area is 130 Å². The summed E-state index contributed by atoms with van der Waals surface area (Å²) in [5.41, 5.74) is 0.378. The van der Waals surface area contributed by atoms with E-state index in [9.17, 15) is 9.59 Å². The molecule has 0 saturated heterocycles. The third-order valence-corrected chi connectivity index (χ3v) is 4.55. The fraction of sp³-hybridized carbons (Fsp3) is 0.444. The highest BCUT2D eigenvalue weighted by Crippen LogP contribution is 2.25. The summed E-state index contributed by atoms with van der Waals surface area (Å²) in [7, 11) is 0. The van der Waals surface area contributed by atoms with E-state index in [1.54, 1.807) is 17.0 Å². The second-order valence-electron chi connectivity index (χ2n) is 6.14. The molecule has 1 aliphatic carbocycles. The van der Waals surface area contributed by atoms with Gasteiger partial charge in [0.15, 0.2) is 0 Å². The van der Waals surface area contributed by atoms with E-state index in [-0.39, 0.29) is 5.56 Å². The first-order chi connectivity index (χ1) is 10.7. The Morgan fingerprint density at radius 2 is 1.55 bits per heavy atom. The summed E-state index contributed by atoms with van der Waals surface area (Å²) in [6.45, 7) is 1.23. The van der Waals surface area contributed by atoms with Crippen molar-refractivity contribution < 1.29 is 0 Å². The lowest BCUT2D eigenvalue weighted by atomic mass is 10.1. The fourth-order valence-electron chi connectivity index (χ4n) is 3.23. The van der Waals surface area contributed by atoms with Crippen LogP contribution in [0.5, 0.6) is 0 Å². The van der Waals surface area contributed by atoms with Gasteiger partial charge >= 0.3 is 11.1 Å². The summed E-state index contributed by atoms with van der Waals surface area (Å²) >= 11 is 0. The molecule has 4 heteroatoms. The molecular weight excluding hydrogens is 276 g/mol. The Morgan fingerprint density at radius 1 is 0.909 bits per heavy atom. The Balaban J connectivity index is 1.72. The fourth-order valence-corrected chi connectivity index (χ4v) is 3.23. The zero-order valence-electron chi connectivity index (χ0n) is 12.8. The van der Waals surface area contributed by atoms with Crippen molar-refractivity contribution in [3.63, 3.8) is 0 Å². The molecule has 0 atom stereocenters. The van der Waals surface area contributed by atoms with E-state index in [0.29, 0.717) is 19.0 Å². The first-order valence-electron chi connectivity index (χ1n) is 8.08. The molecule has 0 unspecified atom stereocenters. The molecule has 0 aliphatic heterocycles. The molecule has 0 amide bonds. The molecule has 4 nitrogen and oxygen atoms in total. The summed E-state index contributed by atoms with van der Waals surface area (Å²) in [5, 5.41) is 0. The van der Waals surface area contributed by atoms with Crippen molar-refractivity contribution in [3.8, 4) is 0 Å². The first-order valence-corrected chi connectivity index (χ1v) is 8.08. The summed E-state index contributed by atoms with van der Waals surface area (Å²) in [4.78, 5) is 24.4. The van der Waals surface area contributed by atoms with Crippen LogP contribution < -0.4 is 11.1 Å².